The molecule has 0 saturated carbocycles. The van der Waals surface area contributed by atoms with Crippen LogP contribution in [-0.2, 0) is 22.0 Å². The van der Waals surface area contributed by atoms with Gasteiger partial charge in [0.15, 0.2) is 15.6 Å². The molecule has 0 radical (unpaired) electrons. The Hall–Kier alpha value is -2.38. The quantitative estimate of drug-likeness (QED) is 0.505. The molecule has 0 aliphatic carbocycles. The van der Waals surface area contributed by atoms with Crippen molar-refractivity contribution in [2.24, 2.45) is 0 Å². The second-order valence-electron chi connectivity index (χ2n) is 6.32. The monoisotopic (exact) mass is 461 g/mol. The van der Waals surface area contributed by atoms with Crippen LogP contribution in [0.5, 0.6) is 0 Å². The van der Waals surface area contributed by atoms with E-state index in [4.69, 9.17) is 4.42 Å². The average molecular weight is 462 g/mol. The van der Waals surface area contributed by atoms with Crippen molar-refractivity contribution in [3.63, 3.8) is 0 Å². The van der Waals surface area contributed by atoms with Crippen molar-refractivity contribution in [1.29, 1.82) is 0 Å². The van der Waals surface area contributed by atoms with Crippen LogP contribution >= 0.6 is 15.9 Å². The Morgan fingerprint density at radius 2 is 1.68 bits per heavy atom. The lowest BCUT2D eigenvalue weighted by molar-refractivity contribution is 0.0924. The molecule has 28 heavy (non-hydrogen) atoms. The summed E-state index contributed by atoms with van der Waals surface area (Å²) in [6.45, 7) is 0.515. The van der Waals surface area contributed by atoms with E-state index in [-0.39, 0.29) is 28.1 Å². The second kappa shape index (κ2) is 9.21. The zero-order valence-electron chi connectivity index (χ0n) is 15.1. The topological polar surface area (TPSA) is 76.4 Å². The van der Waals surface area contributed by atoms with Gasteiger partial charge in [0, 0.05) is 11.0 Å². The Bertz CT molecular complexity index is 1030. The van der Waals surface area contributed by atoms with Gasteiger partial charge in [0.05, 0.1) is 4.90 Å². The molecule has 0 aliphatic rings. The Morgan fingerprint density at radius 3 is 2.39 bits per heavy atom. The highest BCUT2D eigenvalue weighted by Gasteiger charge is 2.19. The first kappa shape index (κ1) is 20.4. The van der Waals surface area contributed by atoms with E-state index in [1.54, 1.807) is 12.1 Å². The number of nitrogens with one attached hydrogen (secondary N) is 1. The van der Waals surface area contributed by atoms with Crippen LogP contribution in [0, 0.1) is 0 Å². The zero-order valence-corrected chi connectivity index (χ0v) is 17.5. The highest BCUT2D eigenvalue weighted by molar-refractivity contribution is 9.10. The Labute approximate surface area is 172 Å². The van der Waals surface area contributed by atoms with Crippen LogP contribution in [0.2, 0.25) is 0 Å². The molecule has 1 heterocycles. The first-order valence-corrected chi connectivity index (χ1v) is 11.3. The predicted octanol–water partition coefficient (Wildman–Crippen LogP) is 4.38. The van der Waals surface area contributed by atoms with Crippen LogP contribution in [0.4, 0.5) is 0 Å². The fourth-order valence-corrected chi connectivity index (χ4v) is 4.23. The van der Waals surface area contributed by atoms with Gasteiger partial charge in [-0.05, 0) is 54.8 Å². The van der Waals surface area contributed by atoms with Crippen LogP contribution in [-0.4, -0.2) is 20.9 Å². The van der Waals surface area contributed by atoms with Gasteiger partial charge in [-0.15, -0.1) is 0 Å². The van der Waals surface area contributed by atoms with Crippen molar-refractivity contribution in [2.75, 3.05) is 6.54 Å². The lowest BCUT2D eigenvalue weighted by Gasteiger charge is -2.04. The first-order valence-electron chi connectivity index (χ1n) is 8.83. The molecule has 5 nitrogen and oxygen atoms in total. The number of aryl methyl sites for hydroxylation is 1. The maximum atomic E-state index is 12.5. The molecular formula is C21H20BrNO4S. The van der Waals surface area contributed by atoms with Crippen LogP contribution in [0.25, 0.3) is 0 Å². The van der Waals surface area contributed by atoms with E-state index in [0.717, 1.165) is 17.3 Å². The molecular weight excluding hydrogens is 442 g/mol. The number of amides is 1. The third-order valence-electron chi connectivity index (χ3n) is 4.16. The third-order valence-corrected chi connectivity index (χ3v) is 6.34. The van der Waals surface area contributed by atoms with Crippen molar-refractivity contribution in [3.05, 3.63) is 88.3 Å². The first-order chi connectivity index (χ1) is 13.4. The minimum Gasteiger partial charge on any atom is -0.455 e. The smallest absolute Gasteiger partial charge is 0.286 e. The summed E-state index contributed by atoms with van der Waals surface area (Å²) in [4.78, 5) is 12.4. The molecule has 7 heteroatoms. The highest BCUT2D eigenvalue weighted by atomic mass is 79.9. The molecule has 1 N–H and O–H groups in total. The van der Waals surface area contributed by atoms with E-state index >= 15 is 0 Å². The summed E-state index contributed by atoms with van der Waals surface area (Å²) in [5, 5.41) is 2.80. The SMILES string of the molecule is O=C(NCCCc1ccccc1)c1ccc(CS(=O)(=O)c2ccc(Br)cc2)o1. The van der Waals surface area contributed by atoms with Crippen LogP contribution in [0.1, 0.15) is 28.3 Å². The van der Waals surface area contributed by atoms with Gasteiger partial charge in [-0.25, -0.2) is 8.42 Å². The predicted molar refractivity (Wildman–Crippen MR) is 111 cm³/mol. The maximum Gasteiger partial charge on any atom is 0.286 e. The molecule has 1 amide bonds. The van der Waals surface area contributed by atoms with Gasteiger partial charge in [0.1, 0.15) is 11.5 Å². The summed E-state index contributed by atoms with van der Waals surface area (Å²) in [7, 11) is -3.54. The van der Waals surface area contributed by atoms with Gasteiger partial charge in [-0.3, -0.25) is 4.79 Å². The Kier molecular flexibility index (Phi) is 6.70. The molecule has 3 rings (SSSR count). The van der Waals surface area contributed by atoms with Gasteiger partial charge in [0.25, 0.3) is 5.91 Å². The Morgan fingerprint density at radius 1 is 0.964 bits per heavy atom. The third kappa shape index (κ3) is 5.56. The lowest BCUT2D eigenvalue weighted by atomic mass is 10.1. The largest absolute Gasteiger partial charge is 0.455 e. The summed E-state index contributed by atoms with van der Waals surface area (Å²) in [5.74, 6) is -0.297. The molecule has 0 saturated heterocycles. The fourth-order valence-electron chi connectivity index (χ4n) is 2.72. The number of furan rings is 1. The average Bonchev–Trinajstić information content (AvgIpc) is 3.14. The number of carbonyl (C=O) groups excluding carboxylic acids is 1. The fraction of sp³-hybridized carbons (Fsp3) is 0.190. The summed E-state index contributed by atoms with van der Waals surface area (Å²) < 4.78 is 31.2. The summed E-state index contributed by atoms with van der Waals surface area (Å²) in [5.41, 5.74) is 1.22. The normalized spacial score (nSPS) is 11.3. The van der Waals surface area contributed by atoms with Gasteiger partial charge in [-0.2, -0.15) is 0 Å². The maximum absolute atomic E-state index is 12.5. The number of carbonyl (C=O) groups is 1. The van der Waals surface area contributed by atoms with E-state index in [2.05, 4.69) is 21.2 Å². The van der Waals surface area contributed by atoms with Gasteiger partial charge in [0.2, 0.25) is 0 Å². The molecule has 0 unspecified atom stereocenters. The summed E-state index contributed by atoms with van der Waals surface area (Å²) in [6.07, 6.45) is 1.68. The van der Waals surface area contributed by atoms with E-state index in [0.29, 0.717) is 6.54 Å². The number of halogens is 1. The van der Waals surface area contributed by atoms with Crippen molar-refractivity contribution >= 4 is 31.7 Å². The second-order valence-corrected chi connectivity index (χ2v) is 9.23. The summed E-state index contributed by atoms with van der Waals surface area (Å²) >= 11 is 3.28. The van der Waals surface area contributed by atoms with Crippen molar-refractivity contribution < 1.29 is 17.6 Å². The summed E-state index contributed by atoms with van der Waals surface area (Å²) in [6, 6.07) is 19.5. The molecule has 0 atom stereocenters. The van der Waals surface area contributed by atoms with Gasteiger partial charge >= 0.3 is 0 Å². The molecule has 0 bridgehead atoms. The lowest BCUT2D eigenvalue weighted by Crippen LogP contribution is -2.24. The number of hydrogen-bond donors (Lipinski definition) is 1. The van der Waals surface area contributed by atoms with Crippen LogP contribution in [0.3, 0.4) is 0 Å². The van der Waals surface area contributed by atoms with Crippen molar-refractivity contribution in [3.8, 4) is 0 Å². The van der Waals surface area contributed by atoms with E-state index in [1.165, 1.54) is 29.8 Å². The van der Waals surface area contributed by atoms with Crippen LogP contribution in [0.15, 0.2) is 80.5 Å². The van der Waals surface area contributed by atoms with E-state index in [9.17, 15) is 13.2 Å². The van der Waals surface area contributed by atoms with E-state index in [1.807, 2.05) is 30.3 Å². The molecule has 1 aromatic heterocycles. The standard InChI is InChI=1S/C21H20BrNO4S/c22-17-8-11-19(12-9-17)28(25,26)15-18-10-13-20(27-18)21(24)23-14-4-7-16-5-2-1-3-6-16/h1-3,5-6,8-13H,4,7,14-15H2,(H,23,24). The van der Waals surface area contributed by atoms with Gasteiger partial charge < -0.3 is 9.73 Å². The molecule has 2 aromatic carbocycles. The van der Waals surface area contributed by atoms with E-state index < -0.39 is 9.84 Å². The zero-order chi connectivity index (χ0) is 20.0. The van der Waals surface area contributed by atoms with Crippen molar-refractivity contribution in [1.82, 2.24) is 5.32 Å². The molecule has 0 aliphatic heterocycles. The minimum atomic E-state index is -3.54. The highest BCUT2D eigenvalue weighted by Crippen LogP contribution is 2.20. The van der Waals surface area contributed by atoms with Crippen LogP contribution < -0.4 is 5.32 Å². The minimum absolute atomic E-state index is 0.112. The number of hydrogen-bond acceptors (Lipinski definition) is 4. The number of rotatable bonds is 8. The molecule has 3 aromatic rings. The van der Waals surface area contributed by atoms with Crippen molar-refractivity contribution in [2.45, 2.75) is 23.5 Å². The number of sulfone groups is 1. The Balaban J connectivity index is 1.53. The molecule has 0 fully saturated rings. The molecule has 0 spiro atoms. The molecule has 146 valence electrons. The van der Waals surface area contributed by atoms with Gasteiger partial charge in [-0.1, -0.05) is 46.3 Å². The number of benzene rings is 2.